The first kappa shape index (κ1) is 10.9. The van der Waals surface area contributed by atoms with E-state index in [0.29, 0.717) is 12.0 Å². The lowest BCUT2D eigenvalue weighted by molar-refractivity contribution is 0.423. The number of aromatic hydroxyl groups is 2. The predicted molar refractivity (Wildman–Crippen MR) is 57.4 cm³/mol. The van der Waals surface area contributed by atoms with Gasteiger partial charge in [0.25, 0.3) is 0 Å². The second kappa shape index (κ2) is 4.89. The van der Waals surface area contributed by atoms with Gasteiger partial charge in [0.2, 0.25) is 0 Å². The van der Waals surface area contributed by atoms with Crippen LogP contribution in [0.15, 0.2) is 18.2 Å². The summed E-state index contributed by atoms with van der Waals surface area (Å²) in [6.45, 7) is 5.92. The third-order valence-corrected chi connectivity index (χ3v) is 2.45. The highest BCUT2D eigenvalue weighted by molar-refractivity contribution is 5.45. The molecule has 0 amide bonds. The van der Waals surface area contributed by atoms with E-state index >= 15 is 0 Å². The number of benzene rings is 1. The Hall–Kier alpha value is -1.18. The van der Waals surface area contributed by atoms with Crippen LogP contribution in [0.1, 0.15) is 37.7 Å². The Kier molecular flexibility index (Phi) is 3.81. The van der Waals surface area contributed by atoms with Gasteiger partial charge >= 0.3 is 0 Å². The Bertz CT molecular complexity index is 274. The van der Waals surface area contributed by atoms with Crippen LogP contribution in [-0.4, -0.2) is 10.2 Å². The highest BCUT2D eigenvalue weighted by Gasteiger charge is 2.16. The average Bonchev–Trinajstić information content (AvgIpc) is 2.16. The summed E-state index contributed by atoms with van der Waals surface area (Å²) in [6.07, 6.45) is 2.65. The summed E-state index contributed by atoms with van der Waals surface area (Å²) in [5, 5.41) is 19.3. The maximum Gasteiger partial charge on any atom is 0.122 e. The molecule has 0 spiro atoms. The van der Waals surface area contributed by atoms with Crippen molar-refractivity contribution in [3.63, 3.8) is 0 Å². The van der Waals surface area contributed by atoms with E-state index in [9.17, 15) is 10.2 Å². The zero-order valence-corrected chi connectivity index (χ0v) is 8.53. The van der Waals surface area contributed by atoms with E-state index in [1.54, 1.807) is 18.2 Å². The quantitative estimate of drug-likeness (QED) is 0.770. The molecule has 2 heteroatoms. The van der Waals surface area contributed by atoms with Gasteiger partial charge in [-0.2, -0.15) is 0 Å². The van der Waals surface area contributed by atoms with Gasteiger partial charge in [0.1, 0.15) is 11.5 Å². The topological polar surface area (TPSA) is 40.5 Å². The average molecular weight is 193 g/mol. The number of hydrogen-bond acceptors (Lipinski definition) is 2. The molecule has 77 valence electrons. The molecule has 1 atom stereocenters. The second-order valence-corrected chi connectivity index (χ2v) is 3.48. The molecule has 0 saturated carbocycles. The lowest BCUT2D eigenvalue weighted by Crippen LogP contribution is -1.97. The maximum atomic E-state index is 9.63. The van der Waals surface area contributed by atoms with Gasteiger partial charge in [0.15, 0.2) is 0 Å². The molecule has 0 aliphatic heterocycles. The minimum absolute atomic E-state index is 0.154. The molecule has 2 nitrogen and oxygen atoms in total. The van der Waals surface area contributed by atoms with E-state index in [4.69, 9.17) is 0 Å². The van der Waals surface area contributed by atoms with Crippen molar-refractivity contribution >= 4 is 0 Å². The summed E-state index contributed by atoms with van der Waals surface area (Å²) in [7, 11) is 0. The van der Waals surface area contributed by atoms with Gasteiger partial charge in [0.05, 0.1) is 0 Å². The van der Waals surface area contributed by atoms with Crippen molar-refractivity contribution in [2.45, 2.75) is 32.1 Å². The van der Waals surface area contributed by atoms with Gasteiger partial charge in [-0.25, -0.2) is 0 Å². The number of phenols is 2. The van der Waals surface area contributed by atoms with Crippen LogP contribution in [0.25, 0.3) is 0 Å². The molecule has 1 aromatic rings. The van der Waals surface area contributed by atoms with Gasteiger partial charge in [-0.05, 0) is 30.9 Å². The molecule has 0 heterocycles. The molecule has 1 aromatic carbocycles. The lowest BCUT2D eigenvalue weighted by atomic mass is 9.91. The molecule has 0 fully saturated rings. The second-order valence-electron chi connectivity index (χ2n) is 3.48. The van der Waals surface area contributed by atoms with E-state index in [0.717, 1.165) is 12.8 Å². The highest BCUT2D eigenvalue weighted by atomic mass is 16.3. The first-order valence-electron chi connectivity index (χ1n) is 5.00. The van der Waals surface area contributed by atoms with Gasteiger partial charge < -0.3 is 10.2 Å². The van der Waals surface area contributed by atoms with Gasteiger partial charge in [-0.15, -0.1) is 0 Å². The minimum Gasteiger partial charge on any atom is -0.508 e. The van der Waals surface area contributed by atoms with Crippen LogP contribution < -0.4 is 0 Å². The number of rotatable bonds is 4. The lowest BCUT2D eigenvalue weighted by Gasteiger charge is -2.16. The highest BCUT2D eigenvalue weighted by Crippen LogP contribution is 2.37. The molecule has 0 aliphatic carbocycles. The summed E-state index contributed by atoms with van der Waals surface area (Å²) in [5.74, 6) is 0.500. The Balaban J connectivity index is 3.02. The van der Waals surface area contributed by atoms with E-state index in [-0.39, 0.29) is 17.4 Å². The summed E-state index contributed by atoms with van der Waals surface area (Å²) < 4.78 is 0. The molecule has 0 aromatic heterocycles. The Morgan fingerprint density at radius 1 is 1.29 bits per heavy atom. The SMILES string of the molecule is [CH2]CC(CCC)c1c(O)cccc1O. The van der Waals surface area contributed by atoms with Crippen molar-refractivity contribution < 1.29 is 10.2 Å². The first-order valence-corrected chi connectivity index (χ1v) is 5.00. The van der Waals surface area contributed by atoms with Crippen LogP contribution >= 0.6 is 0 Å². The van der Waals surface area contributed by atoms with Crippen molar-refractivity contribution in [1.29, 1.82) is 0 Å². The van der Waals surface area contributed by atoms with E-state index < -0.39 is 0 Å². The molecular weight excluding hydrogens is 176 g/mol. The van der Waals surface area contributed by atoms with Crippen LogP contribution in [0.5, 0.6) is 11.5 Å². The van der Waals surface area contributed by atoms with Gasteiger partial charge in [-0.1, -0.05) is 26.3 Å². The zero-order chi connectivity index (χ0) is 10.6. The largest absolute Gasteiger partial charge is 0.508 e. The fourth-order valence-electron chi connectivity index (χ4n) is 1.74. The summed E-state index contributed by atoms with van der Waals surface area (Å²) in [5.41, 5.74) is 0.643. The van der Waals surface area contributed by atoms with Crippen LogP contribution in [-0.2, 0) is 0 Å². The Morgan fingerprint density at radius 3 is 2.29 bits per heavy atom. The smallest absolute Gasteiger partial charge is 0.122 e. The molecule has 0 aliphatic rings. The molecule has 2 N–H and O–H groups in total. The molecule has 14 heavy (non-hydrogen) atoms. The summed E-state index contributed by atoms with van der Waals surface area (Å²) in [6, 6.07) is 4.85. The Morgan fingerprint density at radius 2 is 1.86 bits per heavy atom. The van der Waals surface area contributed by atoms with Crippen LogP contribution in [0.4, 0.5) is 0 Å². The predicted octanol–water partition coefficient (Wildman–Crippen LogP) is 3.21. The van der Waals surface area contributed by atoms with E-state index in [2.05, 4.69) is 13.8 Å². The van der Waals surface area contributed by atoms with Gasteiger partial charge in [0, 0.05) is 5.56 Å². The number of hydrogen-bond donors (Lipinski definition) is 2. The van der Waals surface area contributed by atoms with Gasteiger partial charge in [-0.3, -0.25) is 0 Å². The third kappa shape index (κ3) is 2.19. The first-order chi connectivity index (χ1) is 6.70. The number of phenolic OH excluding ortho intramolecular Hbond substituents is 2. The summed E-state index contributed by atoms with van der Waals surface area (Å²) >= 11 is 0. The summed E-state index contributed by atoms with van der Waals surface area (Å²) in [4.78, 5) is 0. The molecule has 0 saturated heterocycles. The van der Waals surface area contributed by atoms with Crippen molar-refractivity contribution in [3.8, 4) is 11.5 Å². The monoisotopic (exact) mass is 193 g/mol. The van der Waals surface area contributed by atoms with Crippen molar-refractivity contribution in [1.82, 2.24) is 0 Å². The Labute approximate surface area is 85.2 Å². The maximum absolute atomic E-state index is 9.63. The molecule has 0 bridgehead atoms. The van der Waals surface area contributed by atoms with Crippen LogP contribution in [0, 0.1) is 6.92 Å². The standard InChI is InChI=1S/C12H17O2/c1-3-6-9(4-2)12-10(13)7-5-8-11(12)14/h5,7-9,13-14H,2-4,6H2,1H3. The van der Waals surface area contributed by atoms with Crippen molar-refractivity contribution in [3.05, 3.63) is 30.7 Å². The third-order valence-electron chi connectivity index (χ3n) is 2.45. The normalized spacial score (nSPS) is 12.7. The van der Waals surface area contributed by atoms with Crippen molar-refractivity contribution in [2.75, 3.05) is 0 Å². The minimum atomic E-state index is 0.154. The molecular formula is C12H17O2. The molecule has 1 rings (SSSR count). The zero-order valence-electron chi connectivity index (χ0n) is 8.53. The van der Waals surface area contributed by atoms with E-state index in [1.807, 2.05) is 0 Å². The fraction of sp³-hybridized carbons (Fsp3) is 0.417. The van der Waals surface area contributed by atoms with Crippen LogP contribution in [0.2, 0.25) is 0 Å². The molecule has 1 unspecified atom stereocenters. The van der Waals surface area contributed by atoms with E-state index in [1.165, 1.54) is 0 Å². The van der Waals surface area contributed by atoms with Crippen LogP contribution in [0.3, 0.4) is 0 Å². The molecule has 1 radical (unpaired) electrons. The van der Waals surface area contributed by atoms with Crippen molar-refractivity contribution in [2.24, 2.45) is 0 Å². The fourth-order valence-corrected chi connectivity index (χ4v) is 1.74.